The number of hydrogen-bond donors (Lipinski definition) is 1. The van der Waals surface area contributed by atoms with Crippen molar-refractivity contribution in [2.75, 3.05) is 7.11 Å². The van der Waals surface area contributed by atoms with Crippen molar-refractivity contribution >= 4 is 0 Å². The summed E-state index contributed by atoms with van der Waals surface area (Å²) in [6, 6.07) is 13.6. The minimum atomic E-state index is -0.0571. The van der Waals surface area contributed by atoms with E-state index < -0.39 is 0 Å². The molecule has 0 aliphatic heterocycles. The molecule has 0 bridgehead atoms. The Morgan fingerprint density at radius 2 is 2.00 bits per heavy atom. The monoisotopic (exact) mass is 309 g/mol. The van der Waals surface area contributed by atoms with Crippen molar-refractivity contribution < 1.29 is 4.74 Å². The van der Waals surface area contributed by atoms with E-state index in [-0.39, 0.29) is 5.56 Å². The summed E-state index contributed by atoms with van der Waals surface area (Å²) >= 11 is 0. The molecule has 3 rings (SSSR count). The molecule has 0 radical (unpaired) electrons. The number of H-pyrrole nitrogens is 1. The molecule has 0 atom stereocenters. The van der Waals surface area contributed by atoms with Gasteiger partial charge in [-0.3, -0.25) is 9.89 Å². The lowest BCUT2D eigenvalue weighted by Crippen LogP contribution is -2.18. The fourth-order valence-corrected chi connectivity index (χ4v) is 2.64. The third-order valence-corrected chi connectivity index (χ3v) is 3.76. The molecule has 118 valence electrons. The number of aryl methyl sites for hydroxylation is 1. The number of aromatic nitrogens is 3. The van der Waals surface area contributed by atoms with Crippen LogP contribution in [0.5, 0.6) is 0 Å². The number of hydrogen-bond acceptors (Lipinski definition) is 3. The van der Waals surface area contributed by atoms with Crippen molar-refractivity contribution in [3.05, 3.63) is 81.4 Å². The first-order valence-corrected chi connectivity index (χ1v) is 7.47. The van der Waals surface area contributed by atoms with Crippen molar-refractivity contribution in [2.24, 2.45) is 0 Å². The maximum Gasteiger partial charge on any atom is 0.276 e. The van der Waals surface area contributed by atoms with Gasteiger partial charge >= 0.3 is 0 Å². The fraction of sp³-hybridized carbons (Fsp3) is 0.222. The van der Waals surface area contributed by atoms with Crippen molar-refractivity contribution in [3.63, 3.8) is 0 Å². The standard InChI is InChI=1S/C18H19N3O2/c1-13-16(11-14-6-5-7-15(10-14)12-23-2)18(22)21(20-13)17-8-3-4-9-19-17/h3-10,20H,11-12H2,1-2H3. The van der Waals surface area contributed by atoms with E-state index in [4.69, 9.17) is 4.74 Å². The van der Waals surface area contributed by atoms with E-state index >= 15 is 0 Å². The Morgan fingerprint density at radius 3 is 2.74 bits per heavy atom. The van der Waals surface area contributed by atoms with E-state index in [1.165, 1.54) is 4.68 Å². The van der Waals surface area contributed by atoms with E-state index in [9.17, 15) is 4.79 Å². The molecule has 5 nitrogen and oxygen atoms in total. The summed E-state index contributed by atoms with van der Waals surface area (Å²) in [4.78, 5) is 16.9. The summed E-state index contributed by atoms with van der Waals surface area (Å²) in [5.41, 5.74) is 3.75. The molecule has 0 aliphatic rings. The molecule has 1 N–H and O–H groups in total. The summed E-state index contributed by atoms with van der Waals surface area (Å²) in [5, 5.41) is 3.11. The van der Waals surface area contributed by atoms with Crippen molar-refractivity contribution in [1.82, 2.24) is 14.8 Å². The van der Waals surface area contributed by atoms with Crippen LogP contribution in [-0.2, 0) is 17.8 Å². The second-order valence-electron chi connectivity index (χ2n) is 5.47. The number of pyridine rings is 1. The third kappa shape index (κ3) is 3.24. The molecule has 5 heteroatoms. The molecule has 0 fully saturated rings. The highest BCUT2D eigenvalue weighted by molar-refractivity contribution is 5.32. The number of benzene rings is 1. The molecule has 0 aliphatic carbocycles. The molecule has 0 saturated carbocycles. The molecule has 2 heterocycles. The molecule has 0 unspecified atom stereocenters. The summed E-state index contributed by atoms with van der Waals surface area (Å²) in [7, 11) is 1.68. The Bertz CT molecular complexity index is 850. The lowest BCUT2D eigenvalue weighted by atomic mass is 10.0. The van der Waals surface area contributed by atoms with E-state index in [0.717, 1.165) is 22.4 Å². The molecule has 3 aromatic rings. The van der Waals surface area contributed by atoms with Crippen molar-refractivity contribution in [2.45, 2.75) is 20.0 Å². The summed E-state index contributed by atoms with van der Waals surface area (Å²) in [6.07, 6.45) is 2.25. The summed E-state index contributed by atoms with van der Waals surface area (Å²) in [6.45, 7) is 2.48. The van der Waals surface area contributed by atoms with Crippen molar-refractivity contribution in [1.29, 1.82) is 0 Å². The van der Waals surface area contributed by atoms with Gasteiger partial charge in [0.1, 0.15) is 0 Å². The van der Waals surface area contributed by atoms with Crippen LogP contribution in [0.4, 0.5) is 0 Å². The molecular formula is C18H19N3O2. The van der Waals surface area contributed by atoms with Gasteiger partial charge in [0, 0.05) is 31.0 Å². The highest BCUT2D eigenvalue weighted by Gasteiger charge is 2.13. The lowest BCUT2D eigenvalue weighted by Gasteiger charge is -2.04. The topological polar surface area (TPSA) is 59.9 Å². The minimum absolute atomic E-state index is 0.0571. The summed E-state index contributed by atoms with van der Waals surface area (Å²) < 4.78 is 6.65. The first-order valence-electron chi connectivity index (χ1n) is 7.47. The van der Waals surface area contributed by atoms with Gasteiger partial charge in [-0.05, 0) is 30.2 Å². The van der Waals surface area contributed by atoms with Crippen molar-refractivity contribution in [3.8, 4) is 5.82 Å². The largest absolute Gasteiger partial charge is 0.380 e. The predicted molar refractivity (Wildman–Crippen MR) is 88.9 cm³/mol. The first-order chi connectivity index (χ1) is 11.2. The first kappa shape index (κ1) is 15.2. The third-order valence-electron chi connectivity index (χ3n) is 3.76. The van der Waals surface area contributed by atoms with E-state index in [0.29, 0.717) is 18.8 Å². The Labute approximate surface area is 134 Å². The Kier molecular flexibility index (Phi) is 4.39. The maximum atomic E-state index is 12.7. The van der Waals surface area contributed by atoms with Crippen LogP contribution in [0.2, 0.25) is 0 Å². The van der Waals surface area contributed by atoms with Gasteiger partial charge in [0.05, 0.1) is 6.61 Å². The minimum Gasteiger partial charge on any atom is -0.380 e. The van der Waals surface area contributed by atoms with Gasteiger partial charge in [-0.1, -0.05) is 30.3 Å². The quantitative estimate of drug-likeness (QED) is 0.788. The Balaban J connectivity index is 1.94. The molecule has 0 amide bonds. The zero-order chi connectivity index (χ0) is 16.2. The number of methoxy groups -OCH3 is 1. The number of nitrogens with one attached hydrogen (secondary N) is 1. The number of ether oxygens (including phenoxy) is 1. The second-order valence-corrected chi connectivity index (χ2v) is 5.47. The number of nitrogens with zero attached hydrogens (tertiary/aromatic N) is 2. The van der Waals surface area contributed by atoms with Crippen LogP contribution in [0.15, 0.2) is 53.5 Å². The van der Waals surface area contributed by atoms with Gasteiger partial charge in [0.15, 0.2) is 5.82 Å². The van der Waals surface area contributed by atoms with Gasteiger partial charge < -0.3 is 4.74 Å². The molecular weight excluding hydrogens is 290 g/mol. The van der Waals surface area contributed by atoms with Crippen LogP contribution < -0.4 is 5.56 Å². The number of rotatable bonds is 5. The van der Waals surface area contributed by atoms with Crippen LogP contribution in [0.3, 0.4) is 0 Å². The summed E-state index contributed by atoms with van der Waals surface area (Å²) in [5.74, 6) is 0.597. The van der Waals surface area contributed by atoms with E-state index in [1.54, 1.807) is 19.4 Å². The normalized spacial score (nSPS) is 10.9. The SMILES string of the molecule is COCc1cccc(Cc2c(C)[nH]n(-c3ccccn3)c2=O)c1. The van der Waals surface area contributed by atoms with Crippen LogP contribution in [0.1, 0.15) is 22.4 Å². The molecule has 1 aromatic carbocycles. The molecule has 2 aromatic heterocycles. The van der Waals surface area contributed by atoms with Crippen LogP contribution >= 0.6 is 0 Å². The number of aromatic amines is 1. The van der Waals surface area contributed by atoms with Crippen LogP contribution in [0.25, 0.3) is 5.82 Å². The Morgan fingerprint density at radius 1 is 1.17 bits per heavy atom. The smallest absolute Gasteiger partial charge is 0.276 e. The average Bonchev–Trinajstić information content (AvgIpc) is 2.85. The van der Waals surface area contributed by atoms with Gasteiger partial charge in [-0.25, -0.2) is 9.67 Å². The Hall–Kier alpha value is -2.66. The van der Waals surface area contributed by atoms with Gasteiger partial charge in [0.25, 0.3) is 5.56 Å². The fourth-order valence-electron chi connectivity index (χ4n) is 2.64. The zero-order valence-electron chi connectivity index (χ0n) is 13.2. The van der Waals surface area contributed by atoms with Gasteiger partial charge in [0.2, 0.25) is 0 Å². The van der Waals surface area contributed by atoms with Crippen LogP contribution in [-0.4, -0.2) is 21.9 Å². The molecule has 23 heavy (non-hydrogen) atoms. The zero-order valence-corrected chi connectivity index (χ0v) is 13.2. The average molecular weight is 309 g/mol. The van der Waals surface area contributed by atoms with E-state index in [1.807, 2.05) is 37.3 Å². The van der Waals surface area contributed by atoms with Gasteiger partial charge in [-0.2, -0.15) is 0 Å². The highest BCUT2D eigenvalue weighted by atomic mass is 16.5. The molecule has 0 saturated heterocycles. The maximum absolute atomic E-state index is 12.7. The lowest BCUT2D eigenvalue weighted by molar-refractivity contribution is 0.185. The van der Waals surface area contributed by atoms with E-state index in [2.05, 4.69) is 16.1 Å². The predicted octanol–water partition coefficient (Wildman–Crippen LogP) is 2.61. The highest BCUT2D eigenvalue weighted by Crippen LogP contribution is 2.13. The second kappa shape index (κ2) is 6.62. The van der Waals surface area contributed by atoms with Gasteiger partial charge in [-0.15, -0.1) is 0 Å². The molecule has 0 spiro atoms. The van der Waals surface area contributed by atoms with Crippen LogP contribution in [0, 0.1) is 6.92 Å².